The zero-order valence-electron chi connectivity index (χ0n) is 8.95. The Bertz CT molecular complexity index is 635. The zero-order valence-corrected chi connectivity index (χ0v) is 8.95. The van der Waals surface area contributed by atoms with Gasteiger partial charge in [-0.25, -0.2) is 13.8 Å². The van der Waals surface area contributed by atoms with Crippen LogP contribution in [-0.2, 0) is 6.54 Å². The van der Waals surface area contributed by atoms with Crippen LogP contribution < -0.4 is 0 Å². The minimum Gasteiger partial charge on any atom is -0.314 e. The number of nitrogens with zero attached hydrogens (tertiary/aromatic N) is 3. The van der Waals surface area contributed by atoms with E-state index >= 15 is 0 Å². The van der Waals surface area contributed by atoms with Crippen molar-refractivity contribution in [1.82, 2.24) is 9.55 Å². The van der Waals surface area contributed by atoms with E-state index in [0.717, 1.165) is 30.8 Å². The summed E-state index contributed by atoms with van der Waals surface area (Å²) in [5, 5.41) is 8.78. The summed E-state index contributed by atoms with van der Waals surface area (Å²) >= 11 is 0. The maximum Gasteiger partial charge on any atom is 0.161 e. The molecule has 0 saturated heterocycles. The second kappa shape index (κ2) is 3.52. The van der Waals surface area contributed by atoms with Gasteiger partial charge in [0.1, 0.15) is 12.4 Å². The number of hydrogen-bond acceptors (Lipinski definition) is 2. The van der Waals surface area contributed by atoms with Crippen molar-refractivity contribution in [3.05, 3.63) is 29.6 Å². The molecule has 0 atom stereocenters. The predicted molar refractivity (Wildman–Crippen MR) is 57.2 cm³/mol. The van der Waals surface area contributed by atoms with Gasteiger partial charge in [0, 0.05) is 18.1 Å². The highest BCUT2D eigenvalue weighted by Crippen LogP contribution is 2.40. The molecule has 3 nitrogen and oxygen atoms in total. The summed E-state index contributed by atoms with van der Waals surface area (Å²) in [6, 6.07) is 4.23. The molecule has 0 amide bonds. The molecule has 0 unspecified atom stereocenters. The lowest BCUT2D eigenvalue weighted by molar-refractivity contribution is 0.510. The smallest absolute Gasteiger partial charge is 0.161 e. The molecule has 0 aliphatic heterocycles. The van der Waals surface area contributed by atoms with E-state index in [1.165, 1.54) is 0 Å². The van der Waals surface area contributed by atoms with E-state index < -0.39 is 11.6 Å². The van der Waals surface area contributed by atoms with E-state index in [4.69, 9.17) is 5.26 Å². The molecule has 2 aromatic rings. The molecule has 5 heteroatoms. The van der Waals surface area contributed by atoms with Crippen molar-refractivity contribution in [1.29, 1.82) is 5.26 Å². The molecule has 0 radical (unpaired) electrons. The van der Waals surface area contributed by atoms with Crippen molar-refractivity contribution >= 4 is 11.0 Å². The van der Waals surface area contributed by atoms with Crippen LogP contribution in [0.3, 0.4) is 0 Å². The summed E-state index contributed by atoms with van der Waals surface area (Å²) < 4.78 is 28.0. The van der Waals surface area contributed by atoms with Crippen LogP contribution in [-0.4, -0.2) is 9.55 Å². The van der Waals surface area contributed by atoms with Crippen molar-refractivity contribution < 1.29 is 8.78 Å². The van der Waals surface area contributed by atoms with Gasteiger partial charge in [0.2, 0.25) is 0 Å². The van der Waals surface area contributed by atoms with Crippen LogP contribution in [0.4, 0.5) is 8.78 Å². The molecule has 1 aliphatic rings. The average Bonchev–Trinajstić information content (AvgIpc) is 3.08. The Kier molecular flexibility index (Phi) is 2.11. The van der Waals surface area contributed by atoms with Gasteiger partial charge in [0.05, 0.1) is 17.1 Å². The zero-order chi connectivity index (χ0) is 12.0. The number of rotatable bonds is 2. The Hall–Kier alpha value is -1.96. The number of benzene rings is 1. The van der Waals surface area contributed by atoms with Crippen LogP contribution in [0.2, 0.25) is 0 Å². The van der Waals surface area contributed by atoms with Crippen molar-refractivity contribution in [2.75, 3.05) is 0 Å². The summed E-state index contributed by atoms with van der Waals surface area (Å²) in [4.78, 5) is 4.30. The summed E-state index contributed by atoms with van der Waals surface area (Å²) in [6.45, 7) is 0.118. The van der Waals surface area contributed by atoms with Gasteiger partial charge in [-0.3, -0.25) is 0 Å². The fraction of sp³-hybridized carbons (Fsp3) is 0.333. The van der Waals surface area contributed by atoms with E-state index in [2.05, 4.69) is 4.98 Å². The molecular weight excluding hydrogens is 224 g/mol. The first kappa shape index (κ1) is 10.2. The Morgan fingerprint density at radius 3 is 2.71 bits per heavy atom. The lowest BCUT2D eigenvalue weighted by Crippen LogP contribution is -2.01. The van der Waals surface area contributed by atoms with Gasteiger partial charge < -0.3 is 4.57 Å². The summed E-state index contributed by atoms with van der Waals surface area (Å²) in [5.41, 5.74) is 0.911. The molecule has 17 heavy (non-hydrogen) atoms. The predicted octanol–water partition coefficient (Wildman–Crippen LogP) is 2.72. The molecule has 0 spiro atoms. The highest BCUT2D eigenvalue weighted by atomic mass is 19.2. The van der Waals surface area contributed by atoms with E-state index in [1.807, 2.05) is 6.07 Å². The van der Waals surface area contributed by atoms with Crippen LogP contribution >= 0.6 is 0 Å². The Labute approximate surface area is 96.3 Å². The minimum absolute atomic E-state index is 0.118. The standard InChI is InChI=1S/C12H9F2N3/c13-8-5-10-11(6-9(8)14)17(4-3-15)12(16-10)7-1-2-7/h5-7H,1-2,4H2. The second-order valence-electron chi connectivity index (χ2n) is 4.24. The van der Waals surface area contributed by atoms with E-state index in [0.29, 0.717) is 17.0 Å². The molecule has 1 saturated carbocycles. The minimum atomic E-state index is -0.904. The third-order valence-electron chi connectivity index (χ3n) is 2.99. The first-order chi connectivity index (χ1) is 8.20. The molecule has 1 aromatic carbocycles. The molecule has 1 fully saturated rings. The fourth-order valence-corrected chi connectivity index (χ4v) is 2.03. The van der Waals surface area contributed by atoms with Crippen LogP contribution in [0.25, 0.3) is 11.0 Å². The Morgan fingerprint density at radius 1 is 1.35 bits per heavy atom. The van der Waals surface area contributed by atoms with E-state index in [1.54, 1.807) is 4.57 Å². The van der Waals surface area contributed by atoms with Gasteiger partial charge in [-0.15, -0.1) is 0 Å². The van der Waals surface area contributed by atoms with Crippen LogP contribution in [0, 0.1) is 23.0 Å². The third kappa shape index (κ3) is 1.57. The van der Waals surface area contributed by atoms with Crippen LogP contribution in [0.5, 0.6) is 0 Å². The summed E-state index contributed by atoms with van der Waals surface area (Å²) in [6.07, 6.45) is 2.05. The summed E-state index contributed by atoms with van der Waals surface area (Å²) in [5.74, 6) is -0.700. The van der Waals surface area contributed by atoms with Crippen molar-refractivity contribution in [2.24, 2.45) is 0 Å². The molecule has 1 aromatic heterocycles. The number of imidazole rings is 1. The van der Waals surface area contributed by atoms with Crippen LogP contribution in [0.15, 0.2) is 12.1 Å². The monoisotopic (exact) mass is 233 g/mol. The highest BCUT2D eigenvalue weighted by molar-refractivity contribution is 5.76. The van der Waals surface area contributed by atoms with Crippen LogP contribution in [0.1, 0.15) is 24.6 Å². The quantitative estimate of drug-likeness (QED) is 0.800. The molecule has 0 bridgehead atoms. The number of nitriles is 1. The van der Waals surface area contributed by atoms with Crippen molar-refractivity contribution in [3.8, 4) is 6.07 Å². The van der Waals surface area contributed by atoms with Crippen molar-refractivity contribution in [3.63, 3.8) is 0 Å². The first-order valence-electron chi connectivity index (χ1n) is 5.43. The van der Waals surface area contributed by atoms with Gasteiger partial charge in [0.25, 0.3) is 0 Å². The summed E-state index contributed by atoms with van der Waals surface area (Å²) in [7, 11) is 0. The maximum atomic E-state index is 13.2. The van der Waals surface area contributed by atoms with Crippen molar-refractivity contribution in [2.45, 2.75) is 25.3 Å². The van der Waals surface area contributed by atoms with Gasteiger partial charge in [-0.1, -0.05) is 0 Å². The average molecular weight is 233 g/mol. The number of aromatic nitrogens is 2. The normalized spacial score (nSPS) is 15.1. The Morgan fingerprint density at radius 2 is 2.06 bits per heavy atom. The molecule has 1 heterocycles. The maximum absolute atomic E-state index is 13.2. The Balaban J connectivity index is 2.27. The van der Waals surface area contributed by atoms with E-state index in [-0.39, 0.29) is 6.54 Å². The van der Waals surface area contributed by atoms with Gasteiger partial charge in [-0.2, -0.15) is 5.26 Å². The first-order valence-corrected chi connectivity index (χ1v) is 5.43. The second-order valence-corrected chi connectivity index (χ2v) is 4.24. The third-order valence-corrected chi connectivity index (χ3v) is 2.99. The molecule has 1 aliphatic carbocycles. The lowest BCUT2D eigenvalue weighted by Gasteiger charge is -2.02. The fourth-order valence-electron chi connectivity index (χ4n) is 2.03. The molecule has 0 N–H and O–H groups in total. The number of fused-ring (bicyclic) bond motifs is 1. The van der Waals surface area contributed by atoms with Gasteiger partial charge in [0.15, 0.2) is 11.6 Å². The largest absolute Gasteiger partial charge is 0.314 e. The van der Waals surface area contributed by atoms with E-state index in [9.17, 15) is 8.78 Å². The lowest BCUT2D eigenvalue weighted by atomic mass is 10.3. The SMILES string of the molecule is N#CCn1c(C2CC2)nc2cc(F)c(F)cc21. The van der Waals surface area contributed by atoms with Gasteiger partial charge >= 0.3 is 0 Å². The number of halogens is 2. The van der Waals surface area contributed by atoms with Gasteiger partial charge in [-0.05, 0) is 12.8 Å². The number of hydrogen-bond donors (Lipinski definition) is 0. The molecule has 86 valence electrons. The highest BCUT2D eigenvalue weighted by Gasteiger charge is 2.29. The molecular formula is C12H9F2N3. The molecule has 3 rings (SSSR count). The topological polar surface area (TPSA) is 41.6 Å².